The number of aromatic nitrogens is 3. The molecule has 2 fully saturated rings. The number of likely N-dealkylation sites (N-methyl/N-ethyl adjacent to an activating group) is 1. The van der Waals surface area contributed by atoms with E-state index >= 15 is 0 Å². The Morgan fingerprint density at radius 1 is 1.02 bits per heavy atom. The van der Waals surface area contributed by atoms with Crippen LogP contribution in [0.15, 0.2) is 48.2 Å². The van der Waals surface area contributed by atoms with Crippen molar-refractivity contribution in [3.63, 3.8) is 0 Å². The van der Waals surface area contributed by atoms with Crippen LogP contribution in [-0.4, -0.2) is 97.5 Å². The van der Waals surface area contributed by atoms with Crippen molar-refractivity contribution in [3.05, 3.63) is 58.8 Å². The van der Waals surface area contributed by atoms with Crippen molar-refractivity contribution in [2.24, 2.45) is 0 Å². The van der Waals surface area contributed by atoms with E-state index in [4.69, 9.17) is 21.3 Å². The topological polar surface area (TPSA) is 98.7 Å². The van der Waals surface area contributed by atoms with Crippen LogP contribution in [0.2, 0.25) is 5.02 Å². The number of piperazine rings is 1. The highest BCUT2D eigenvalue weighted by Crippen LogP contribution is 2.41. The number of aryl methyl sites for hydroxylation is 1. The molecule has 10 nitrogen and oxygen atoms in total. The largest absolute Gasteiger partial charge is 0.494 e. The lowest BCUT2D eigenvalue weighted by Gasteiger charge is -2.43. The maximum absolute atomic E-state index is 13.4. The van der Waals surface area contributed by atoms with E-state index in [0.717, 1.165) is 54.5 Å². The van der Waals surface area contributed by atoms with Crippen molar-refractivity contribution in [1.82, 2.24) is 24.8 Å². The Labute approximate surface area is 286 Å². The zero-order valence-electron chi connectivity index (χ0n) is 27.8. The van der Waals surface area contributed by atoms with Gasteiger partial charge in [-0.3, -0.25) is 9.88 Å². The molecular formula is C34H44ClN8O2PS. The number of hydrogen-bond donors (Lipinski definition) is 2. The highest BCUT2D eigenvalue weighted by molar-refractivity contribution is 7.70. The molecule has 2 aromatic heterocycles. The first-order valence-electron chi connectivity index (χ1n) is 16.2. The van der Waals surface area contributed by atoms with Gasteiger partial charge in [-0.15, -0.1) is 11.3 Å². The van der Waals surface area contributed by atoms with E-state index in [1.54, 1.807) is 43.5 Å². The van der Waals surface area contributed by atoms with Gasteiger partial charge in [-0.25, -0.2) is 4.98 Å². The summed E-state index contributed by atoms with van der Waals surface area (Å²) in [5, 5.41) is 7.77. The Hall–Kier alpha value is -3.21. The van der Waals surface area contributed by atoms with Gasteiger partial charge in [0.1, 0.15) is 17.9 Å². The van der Waals surface area contributed by atoms with Gasteiger partial charge in [-0.05, 0) is 69.0 Å². The lowest BCUT2D eigenvalue weighted by molar-refractivity contribution is 0.0982. The van der Waals surface area contributed by atoms with Gasteiger partial charge in [-0.2, -0.15) is 4.98 Å². The van der Waals surface area contributed by atoms with Crippen molar-refractivity contribution in [3.8, 4) is 16.2 Å². The number of benzene rings is 2. The third-order valence-corrected chi connectivity index (χ3v) is 11.8. The SMILES string of the molecule is CCc1cc(Nc2ncc(Cl)c(Nc3ccc(-c4cncs4)cc3P(C)(C)=O)n2)c(OC)cc1N1CCC(N2CCN(C)CC2)CC1. The summed E-state index contributed by atoms with van der Waals surface area (Å²) in [6, 6.07) is 10.8. The van der Waals surface area contributed by atoms with Crippen molar-refractivity contribution in [2.75, 3.05) is 82.3 Å². The molecule has 0 bridgehead atoms. The molecule has 0 atom stereocenters. The maximum atomic E-state index is 13.4. The van der Waals surface area contributed by atoms with Crippen LogP contribution in [0.25, 0.3) is 10.4 Å². The molecular weight excluding hydrogens is 651 g/mol. The summed E-state index contributed by atoms with van der Waals surface area (Å²) in [4.78, 5) is 22.0. The minimum absolute atomic E-state index is 0.353. The third-order valence-electron chi connectivity index (χ3n) is 9.18. The Morgan fingerprint density at radius 3 is 2.45 bits per heavy atom. The van der Waals surface area contributed by atoms with Gasteiger partial charge in [0, 0.05) is 68.6 Å². The minimum atomic E-state index is -2.66. The standard InChI is InChI=1S/C34H44ClN8O2PS/c1-6-23-17-28(30(45-3)19-29(23)43-11-9-25(10-12-43)42-15-13-41(2)14-16-42)39-34-37-20-26(35)33(40-34)38-27-8-7-24(32-21-36-22-47-32)18-31(27)46(4,5)44/h7-8,17-22,25H,6,9-16H2,1-5H3,(H2,37,38,39,40). The van der Waals surface area contributed by atoms with Gasteiger partial charge < -0.3 is 29.7 Å². The molecule has 250 valence electrons. The van der Waals surface area contributed by atoms with Gasteiger partial charge in [0.15, 0.2) is 5.82 Å². The molecule has 0 unspecified atom stereocenters. The molecule has 6 rings (SSSR count). The number of methoxy groups -OCH3 is 1. The Bertz CT molecular complexity index is 1730. The summed E-state index contributed by atoms with van der Waals surface area (Å²) in [6.07, 6.45) is 6.60. The number of hydrogen-bond acceptors (Lipinski definition) is 11. The second kappa shape index (κ2) is 14.5. The Kier molecular flexibility index (Phi) is 10.4. The van der Waals surface area contributed by atoms with Gasteiger partial charge in [0.05, 0.1) is 35.1 Å². The van der Waals surface area contributed by atoms with Gasteiger partial charge in [0.2, 0.25) is 5.95 Å². The molecule has 0 saturated carbocycles. The first-order chi connectivity index (χ1) is 22.6. The first kappa shape index (κ1) is 33.7. The highest BCUT2D eigenvalue weighted by Gasteiger charge is 2.28. The smallest absolute Gasteiger partial charge is 0.229 e. The van der Waals surface area contributed by atoms with E-state index in [9.17, 15) is 4.57 Å². The molecule has 2 aliphatic rings. The normalized spacial score (nSPS) is 16.8. The van der Waals surface area contributed by atoms with E-state index in [0.29, 0.717) is 33.8 Å². The molecule has 0 radical (unpaired) electrons. The fraction of sp³-hybridized carbons (Fsp3) is 0.441. The van der Waals surface area contributed by atoms with Crippen LogP contribution < -0.4 is 25.6 Å². The molecule has 0 aliphatic carbocycles. The number of halogens is 1. The molecule has 2 aliphatic heterocycles. The number of ether oxygens (including phenoxy) is 1. The van der Waals surface area contributed by atoms with E-state index in [1.165, 1.54) is 37.2 Å². The summed E-state index contributed by atoms with van der Waals surface area (Å²) in [5.74, 6) is 1.52. The summed E-state index contributed by atoms with van der Waals surface area (Å²) in [5.41, 5.74) is 6.70. The van der Waals surface area contributed by atoms with Crippen molar-refractivity contribution >= 4 is 64.2 Å². The molecule has 2 N–H and O–H groups in total. The summed E-state index contributed by atoms with van der Waals surface area (Å²) >= 11 is 8.12. The van der Waals surface area contributed by atoms with Crippen LogP contribution in [0.5, 0.6) is 5.75 Å². The number of anilines is 5. The van der Waals surface area contributed by atoms with Crippen LogP contribution in [0, 0.1) is 0 Å². The van der Waals surface area contributed by atoms with E-state index in [1.807, 2.05) is 24.4 Å². The predicted molar refractivity (Wildman–Crippen MR) is 197 cm³/mol. The predicted octanol–water partition coefficient (Wildman–Crippen LogP) is 6.78. The number of nitrogens with one attached hydrogen (secondary N) is 2. The second-order valence-electron chi connectivity index (χ2n) is 12.7. The van der Waals surface area contributed by atoms with Crippen LogP contribution in [0.4, 0.5) is 28.8 Å². The zero-order chi connectivity index (χ0) is 33.1. The van der Waals surface area contributed by atoms with Crippen LogP contribution in [0.3, 0.4) is 0 Å². The highest BCUT2D eigenvalue weighted by atomic mass is 35.5. The van der Waals surface area contributed by atoms with Gasteiger partial charge in [-0.1, -0.05) is 24.6 Å². The molecule has 0 spiro atoms. The third kappa shape index (κ3) is 7.76. The monoisotopic (exact) mass is 694 g/mol. The van der Waals surface area contributed by atoms with Crippen molar-refractivity contribution in [2.45, 2.75) is 32.2 Å². The summed E-state index contributed by atoms with van der Waals surface area (Å²) in [6.45, 7) is 12.4. The van der Waals surface area contributed by atoms with Crippen LogP contribution in [0.1, 0.15) is 25.3 Å². The fourth-order valence-corrected chi connectivity index (χ4v) is 8.39. The zero-order valence-corrected chi connectivity index (χ0v) is 30.3. The van der Waals surface area contributed by atoms with Crippen LogP contribution in [-0.2, 0) is 11.0 Å². The quantitative estimate of drug-likeness (QED) is 0.173. The van der Waals surface area contributed by atoms with Gasteiger partial charge in [0.25, 0.3) is 0 Å². The van der Waals surface area contributed by atoms with Crippen molar-refractivity contribution < 1.29 is 9.30 Å². The first-order valence-corrected chi connectivity index (χ1v) is 20.0. The van der Waals surface area contributed by atoms with Gasteiger partial charge >= 0.3 is 0 Å². The fourth-order valence-electron chi connectivity index (χ4n) is 6.47. The molecule has 0 amide bonds. The Morgan fingerprint density at radius 2 is 1.79 bits per heavy atom. The van der Waals surface area contributed by atoms with E-state index in [2.05, 4.69) is 61.4 Å². The lowest BCUT2D eigenvalue weighted by Crippen LogP contribution is -2.52. The molecule has 47 heavy (non-hydrogen) atoms. The summed E-state index contributed by atoms with van der Waals surface area (Å²) in [7, 11) is 1.25. The average Bonchev–Trinajstić information content (AvgIpc) is 3.61. The second-order valence-corrected chi connectivity index (χ2v) is 17.2. The summed E-state index contributed by atoms with van der Waals surface area (Å²) < 4.78 is 19.2. The molecule has 4 aromatic rings. The Balaban J connectivity index is 1.21. The molecule has 2 saturated heterocycles. The minimum Gasteiger partial charge on any atom is -0.494 e. The maximum Gasteiger partial charge on any atom is 0.229 e. The van der Waals surface area contributed by atoms with Crippen LogP contribution >= 0.6 is 30.1 Å². The molecule has 2 aromatic carbocycles. The lowest BCUT2D eigenvalue weighted by atomic mass is 9.99. The molecule has 4 heterocycles. The number of thiazole rings is 1. The number of piperidine rings is 1. The van der Waals surface area contributed by atoms with E-state index < -0.39 is 7.14 Å². The molecule has 13 heteroatoms. The number of nitrogens with zero attached hydrogens (tertiary/aromatic N) is 6. The van der Waals surface area contributed by atoms with Crippen molar-refractivity contribution in [1.29, 1.82) is 0 Å². The number of rotatable bonds is 10. The average molecular weight is 695 g/mol. The van der Waals surface area contributed by atoms with E-state index in [-0.39, 0.29) is 0 Å².